The van der Waals surface area contributed by atoms with Gasteiger partial charge in [0.15, 0.2) is 0 Å². The van der Waals surface area contributed by atoms with Crippen molar-refractivity contribution in [3.8, 4) is 39.0 Å². The van der Waals surface area contributed by atoms with Gasteiger partial charge in [0.25, 0.3) is 23.6 Å². The first-order valence-electron chi connectivity index (χ1n) is 47.2. The molecule has 0 N–H and O–H groups in total. The normalized spacial score (nSPS) is 17.8. The second-order valence-corrected chi connectivity index (χ2v) is 44.7. The van der Waals surface area contributed by atoms with E-state index in [9.17, 15) is 0 Å². The van der Waals surface area contributed by atoms with E-state index in [1.54, 1.807) is 16.2 Å². The Kier molecular flexibility index (Phi) is 28.6. The summed E-state index contributed by atoms with van der Waals surface area (Å²) in [6.07, 6.45) is 31.2. The molecule has 10 aromatic rings. The molecule has 0 bridgehead atoms. The lowest BCUT2D eigenvalue weighted by molar-refractivity contribution is 0.0608. The standard InChI is InChI=1S/C108H138N2O4S6/c1-19-31-37-67(25-7)59-73-43-51-77(52-44-73)107(78-53-45-74(46-54-78)60-68(26-8)38-32-20-2)81-63-83(93-85-86(102(112)109(101(85)111)65-71(29-11)41-35-23-5)94(117-93)95-87-88(100(120-95)106(16,17)18)104(114)110(103(87)113)66-72(30-12)42-36-24-6)115-91(81)96-89(107)98-99(118-96)90-97(119-98)92-82(64-84(116-92)105(13,14)15)108(90,79-55-47-75(48-56-79)61-69(27-9)39-33-21-3)80-57-49-76(50-58-80)62-70(28-10)40-34-22-4/h43-58,63-64,67-72H,19-42,59-62,65-66H2,1-18H3. The fraction of sp³-hybridized carbons (Fsp3) is 0.537. The van der Waals surface area contributed by atoms with Crippen LogP contribution in [0, 0.1) is 35.5 Å². The zero-order chi connectivity index (χ0) is 85.3. The number of hydrogen-bond acceptors (Lipinski definition) is 10. The molecule has 0 spiro atoms. The Balaban J connectivity index is 1.07. The molecule has 2 aliphatic carbocycles. The van der Waals surface area contributed by atoms with Crippen LogP contribution in [0.1, 0.15) is 397 Å². The molecule has 0 radical (unpaired) electrons. The Bertz CT molecular complexity index is 5120. The average Bonchev–Trinajstić information content (AvgIpc) is 1.48. The molecule has 0 saturated heterocycles. The van der Waals surface area contributed by atoms with E-state index in [2.05, 4.69) is 234 Å². The lowest BCUT2D eigenvalue weighted by Crippen LogP contribution is -2.35. The number of nitrogens with zero attached hydrogens (tertiary/aromatic N) is 2. The van der Waals surface area contributed by atoms with Gasteiger partial charge in [-0.15, -0.1) is 68.0 Å². The first kappa shape index (κ1) is 89.9. The Morgan fingerprint density at radius 3 is 0.933 bits per heavy atom. The molecular weight excluding hydrogens is 1580 g/mol. The molecule has 6 atom stereocenters. The molecule has 120 heavy (non-hydrogen) atoms. The van der Waals surface area contributed by atoms with Crippen molar-refractivity contribution in [1.82, 2.24) is 9.80 Å². The van der Waals surface area contributed by atoms with Crippen molar-refractivity contribution in [2.75, 3.05) is 13.1 Å². The second kappa shape index (κ2) is 38.2. The van der Waals surface area contributed by atoms with E-state index in [4.69, 9.17) is 0 Å². The minimum absolute atomic E-state index is 0.0966. The highest BCUT2D eigenvalue weighted by molar-refractivity contribution is 7.35. The molecule has 2 aliphatic heterocycles. The summed E-state index contributed by atoms with van der Waals surface area (Å²) in [6.45, 7) is 41.9. The zero-order valence-electron chi connectivity index (χ0n) is 76.0. The molecule has 0 saturated carbocycles. The molecule has 4 aliphatic rings. The van der Waals surface area contributed by atoms with Gasteiger partial charge >= 0.3 is 0 Å². The molecule has 6 aromatic heterocycles. The Morgan fingerprint density at radius 1 is 0.308 bits per heavy atom. The maximum Gasteiger partial charge on any atom is 0.263 e. The number of carbonyl (C=O) groups is 4. The number of fused-ring (bicyclic) bond motifs is 11. The molecule has 0 fully saturated rings. The van der Waals surface area contributed by atoms with Gasteiger partial charge in [-0.25, -0.2) is 0 Å². The monoisotopic (exact) mass is 1720 g/mol. The summed E-state index contributed by atoms with van der Waals surface area (Å²) in [6, 6.07) is 45.2. The van der Waals surface area contributed by atoms with Gasteiger partial charge in [-0.3, -0.25) is 29.0 Å². The molecule has 6 unspecified atom stereocenters. The number of benzene rings is 4. The average molecular weight is 1720 g/mol. The Hall–Kier alpha value is -6.38. The molecule has 640 valence electrons. The number of amides is 4. The topological polar surface area (TPSA) is 74.8 Å². The first-order valence-corrected chi connectivity index (χ1v) is 52.1. The van der Waals surface area contributed by atoms with Crippen LogP contribution in [0.25, 0.3) is 48.4 Å². The second-order valence-electron chi connectivity index (χ2n) is 38.5. The summed E-state index contributed by atoms with van der Waals surface area (Å²) in [7, 11) is 0. The molecular formula is C108H138N2O4S6. The SMILES string of the molecule is CCCCC(CC)Cc1ccc(C2(c3ccc(CC(CC)CCCC)cc3)c3cc(-c4sc(-c5sc(C(C)(C)C)c6c5C(=O)N(CC(CC)CCCC)C6=O)c5c4C(=O)N(CC(CC)CCCC)C5=O)sc3-c3sc4c5c(sc4c32)-c2sc(C(C)(C)C)cc2C5(c2ccc(CC(CC)CCCC)cc2)c2ccc(CC(CC)CCCC)cc2)cc1. The van der Waals surface area contributed by atoms with E-state index in [1.165, 1.54) is 218 Å². The van der Waals surface area contributed by atoms with Crippen LogP contribution in [-0.4, -0.2) is 46.5 Å². The van der Waals surface area contributed by atoms with Crippen LogP contribution in [0.4, 0.5) is 0 Å². The number of carbonyl (C=O) groups excluding carboxylic acids is 4. The highest BCUT2D eigenvalue weighted by atomic mass is 32.1. The van der Waals surface area contributed by atoms with Crippen LogP contribution < -0.4 is 0 Å². The van der Waals surface area contributed by atoms with Gasteiger partial charge in [-0.05, 0) is 153 Å². The summed E-state index contributed by atoms with van der Waals surface area (Å²) in [4.78, 5) is 77.2. The van der Waals surface area contributed by atoms with Crippen molar-refractivity contribution in [3.05, 3.63) is 208 Å². The summed E-state index contributed by atoms with van der Waals surface area (Å²) >= 11 is 10.9. The molecule has 12 heteroatoms. The van der Waals surface area contributed by atoms with Gasteiger partial charge in [0.1, 0.15) is 0 Å². The van der Waals surface area contributed by atoms with E-state index in [1.807, 2.05) is 34.0 Å². The Morgan fingerprint density at radius 2 is 0.608 bits per heavy atom. The van der Waals surface area contributed by atoms with Crippen LogP contribution in [0.15, 0.2) is 109 Å². The number of unbranched alkanes of at least 4 members (excludes halogenated alkanes) is 6. The summed E-state index contributed by atoms with van der Waals surface area (Å²) < 4.78 is 2.70. The van der Waals surface area contributed by atoms with Crippen LogP contribution in [0.2, 0.25) is 0 Å². The predicted octanol–water partition coefficient (Wildman–Crippen LogP) is 32.5. The summed E-state index contributed by atoms with van der Waals surface area (Å²) in [5.74, 6) is 1.67. The minimum Gasteiger partial charge on any atom is -0.274 e. The lowest BCUT2D eigenvalue weighted by atomic mass is 9.66. The fourth-order valence-corrected chi connectivity index (χ4v) is 29.4. The first-order chi connectivity index (χ1) is 57.9. The van der Waals surface area contributed by atoms with Gasteiger partial charge in [0.2, 0.25) is 0 Å². The van der Waals surface area contributed by atoms with Crippen LogP contribution in [0.3, 0.4) is 0 Å². The summed E-state index contributed by atoms with van der Waals surface area (Å²) in [5, 5.41) is 0. The van der Waals surface area contributed by atoms with Crippen molar-refractivity contribution in [2.45, 2.75) is 326 Å². The third kappa shape index (κ3) is 16.7. The van der Waals surface area contributed by atoms with Crippen LogP contribution in [0.5, 0.6) is 0 Å². The van der Waals surface area contributed by atoms with E-state index < -0.39 is 16.2 Å². The lowest BCUT2D eigenvalue weighted by Gasteiger charge is -2.34. The number of thiophene rings is 6. The maximum absolute atomic E-state index is 16.4. The van der Waals surface area contributed by atoms with E-state index in [-0.39, 0.29) is 40.9 Å². The van der Waals surface area contributed by atoms with Crippen molar-refractivity contribution in [3.63, 3.8) is 0 Å². The third-order valence-electron chi connectivity index (χ3n) is 28.2. The zero-order valence-corrected chi connectivity index (χ0v) is 80.9. The number of imide groups is 2. The van der Waals surface area contributed by atoms with Gasteiger partial charge in [-0.1, -0.05) is 363 Å². The van der Waals surface area contributed by atoms with Crippen LogP contribution >= 0.6 is 68.0 Å². The van der Waals surface area contributed by atoms with Gasteiger partial charge in [0, 0.05) is 43.7 Å². The quantitative estimate of drug-likeness (QED) is 0.0357. The highest BCUT2D eigenvalue weighted by Gasteiger charge is 2.57. The predicted molar refractivity (Wildman–Crippen MR) is 519 cm³/mol. The van der Waals surface area contributed by atoms with Crippen molar-refractivity contribution in [1.29, 1.82) is 0 Å². The number of hydrogen-bond donors (Lipinski definition) is 0. The van der Waals surface area contributed by atoms with Crippen LogP contribution in [-0.2, 0) is 47.3 Å². The largest absolute Gasteiger partial charge is 0.274 e. The van der Waals surface area contributed by atoms with E-state index in [0.29, 0.717) is 68.8 Å². The molecule has 14 rings (SSSR count). The van der Waals surface area contributed by atoms with Gasteiger partial charge in [0.05, 0.1) is 71.7 Å². The maximum atomic E-state index is 16.4. The summed E-state index contributed by atoms with van der Waals surface area (Å²) in [5.41, 5.74) is 15.6. The Labute approximate surface area is 745 Å². The smallest absolute Gasteiger partial charge is 0.263 e. The highest BCUT2D eigenvalue weighted by Crippen LogP contribution is 2.71. The van der Waals surface area contributed by atoms with Crippen molar-refractivity contribution < 1.29 is 19.2 Å². The van der Waals surface area contributed by atoms with Gasteiger partial charge in [-0.2, -0.15) is 0 Å². The van der Waals surface area contributed by atoms with Crippen molar-refractivity contribution in [2.24, 2.45) is 35.5 Å². The number of rotatable bonds is 42. The van der Waals surface area contributed by atoms with Crippen molar-refractivity contribution >= 4 is 101 Å². The van der Waals surface area contributed by atoms with E-state index >= 15 is 19.2 Å². The molecule has 4 amide bonds. The molecule has 8 heterocycles. The fourth-order valence-electron chi connectivity index (χ4n) is 20.7. The molecule has 4 aromatic carbocycles. The molecule has 6 nitrogen and oxygen atoms in total. The van der Waals surface area contributed by atoms with Gasteiger partial charge < -0.3 is 0 Å². The third-order valence-corrected chi connectivity index (χ3v) is 37.0. The minimum atomic E-state index is -0.850. The van der Waals surface area contributed by atoms with E-state index in [0.717, 1.165) is 105 Å².